The van der Waals surface area contributed by atoms with Crippen LogP contribution in [0.4, 0.5) is 4.79 Å². The Kier molecular flexibility index (Phi) is 5.16. The summed E-state index contributed by atoms with van der Waals surface area (Å²) in [4.78, 5) is 12.1. The maximum Gasteiger partial charge on any atom is 0.315 e. The fraction of sp³-hybridized carbons (Fsp3) is 0.353. The number of urea groups is 1. The van der Waals surface area contributed by atoms with Crippen LogP contribution in [0.25, 0.3) is 0 Å². The van der Waals surface area contributed by atoms with E-state index in [0.717, 1.165) is 5.56 Å². The number of ether oxygens (including phenoxy) is 2. The monoisotopic (exact) mass is 318 g/mol. The van der Waals surface area contributed by atoms with Crippen molar-refractivity contribution < 1.29 is 18.7 Å². The second-order valence-corrected chi connectivity index (χ2v) is 5.58. The minimum atomic E-state index is -0.577. The SMILES string of the molecule is COc1ccc(C(C)(C)NC(=O)NCc2ccco2)cc1OC. The van der Waals surface area contributed by atoms with Crippen molar-refractivity contribution in [1.29, 1.82) is 0 Å². The summed E-state index contributed by atoms with van der Waals surface area (Å²) < 4.78 is 15.7. The molecule has 0 aliphatic rings. The van der Waals surface area contributed by atoms with Crippen LogP contribution < -0.4 is 20.1 Å². The number of furan rings is 1. The summed E-state index contributed by atoms with van der Waals surface area (Å²) in [5, 5.41) is 5.70. The summed E-state index contributed by atoms with van der Waals surface area (Å²) in [6.07, 6.45) is 1.57. The van der Waals surface area contributed by atoms with Gasteiger partial charge in [-0.3, -0.25) is 0 Å². The number of methoxy groups -OCH3 is 2. The van der Waals surface area contributed by atoms with Crippen molar-refractivity contribution in [2.75, 3.05) is 14.2 Å². The highest BCUT2D eigenvalue weighted by Crippen LogP contribution is 2.31. The maximum absolute atomic E-state index is 12.1. The van der Waals surface area contributed by atoms with Gasteiger partial charge in [0.2, 0.25) is 0 Å². The molecule has 1 aromatic heterocycles. The Labute approximate surface area is 135 Å². The highest BCUT2D eigenvalue weighted by Gasteiger charge is 2.24. The summed E-state index contributed by atoms with van der Waals surface area (Å²) in [7, 11) is 3.17. The van der Waals surface area contributed by atoms with Gasteiger partial charge in [0, 0.05) is 0 Å². The van der Waals surface area contributed by atoms with E-state index in [4.69, 9.17) is 13.9 Å². The zero-order chi connectivity index (χ0) is 16.9. The van der Waals surface area contributed by atoms with Crippen LogP contribution in [-0.4, -0.2) is 20.3 Å². The minimum Gasteiger partial charge on any atom is -0.493 e. The molecular formula is C17H22N2O4. The van der Waals surface area contributed by atoms with Crippen molar-refractivity contribution >= 4 is 6.03 Å². The molecule has 0 saturated heterocycles. The highest BCUT2D eigenvalue weighted by molar-refractivity contribution is 5.75. The van der Waals surface area contributed by atoms with Crippen molar-refractivity contribution in [3.63, 3.8) is 0 Å². The van der Waals surface area contributed by atoms with Crippen LogP contribution in [0.5, 0.6) is 11.5 Å². The lowest BCUT2D eigenvalue weighted by atomic mass is 9.94. The Morgan fingerprint density at radius 2 is 1.91 bits per heavy atom. The molecule has 0 bridgehead atoms. The van der Waals surface area contributed by atoms with Crippen LogP contribution in [0.1, 0.15) is 25.2 Å². The highest BCUT2D eigenvalue weighted by atomic mass is 16.5. The molecule has 6 nitrogen and oxygen atoms in total. The molecule has 0 aliphatic heterocycles. The first-order chi connectivity index (χ1) is 11.0. The lowest BCUT2D eigenvalue weighted by Gasteiger charge is -2.27. The fourth-order valence-corrected chi connectivity index (χ4v) is 2.21. The molecule has 124 valence electrons. The molecule has 1 heterocycles. The van der Waals surface area contributed by atoms with Crippen molar-refractivity contribution in [2.24, 2.45) is 0 Å². The lowest BCUT2D eigenvalue weighted by Crippen LogP contribution is -2.46. The van der Waals surface area contributed by atoms with Gasteiger partial charge in [0.25, 0.3) is 0 Å². The van der Waals surface area contributed by atoms with Gasteiger partial charge in [-0.05, 0) is 43.7 Å². The van der Waals surface area contributed by atoms with Gasteiger partial charge in [0.15, 0.2) is 11.5 Å². The molecule has 2 N–H and O–H groups in total. The van der Waals surface area contributed by atoms with Crippen LogP contribution in [0.15, 0.2) is 41.0 Å². The van der Waals surface area contributed by atoms with Crippen LogP contribution >= 0.6 is 0 Å². The largest absolute Gasteiger partial charge is 0.493 e. The van der Waals surface area contributed by atoms with Crippen LogP contribution in [0.2, 0.25) is 0 Å². The number of amides is 2. The number of benzene rings is 1. The summed E-state index contributed by atoms with van der Waals surface area (Å²) >= 11 is 0. The molecule has 0 fully saturated rings. The second-order valence-electron chi connectivity index (χ2n) is 5.58. The fourth-order valence-electron chi connectivity index (χ4n) is 2.21. The Balaban J connectivity index is 2.04. The van der Waals surface area contributed by atoms with E-state index in [1.165, 1.54) is 0 Å². The molecule has 2 amide bonds. The van der Waals surface area contributed by atoms with Crippen molar-refractivity contribution in [3.05, 3.63) is 47.9 Å². The van der Waals surface area contributed by atoms with Crippen molar-refractivity contribution in [1.82, 2.24) is 10.6 Å². The van der Waals surface area contributed by atoms with Gasteiger partial charge in [0.05, 0.1) is 32.6 Å². The number of nitrogens with one attached hydrogen (secondary N) is 2. The molecule has 1 aromatic carbocycles. The molecule has 0 radical (unpaired) electrons. The number of hydrogen-bond donors (Lipinski definition) is 2. The van der Waals surface area contributed by atoms with Gasteiger partial charge in [-0.25, -0.2) is 4.79 Å². The zero-order valence-electron chi connectivity index (χ0n) is 13.8. The van der Waals surface area contributed by atoms with Gasteiger partial charge >= 0.3 is 6.03 Å². The van der Waals surface area contributed by atoms with E-state index >= 15 is 0 Å². The molecule has 23 heavy (non-hydrogen) atoms. The van der Waals surface area contributed by atoms with Crippen LogP contribution in [-0.2, 0) is 12.1 Å². The molecule has 0 atom stereocenters. The first-order valence-corrected chi connectivity index (χ1v) is 7.27. The summed E-state index contributed by atoms with van der Waals surface area (Å²) in [5.41, 5.74) is 0.329. The van der Waals surface area contributed by atoms with Crippen molar-refractivity contribution in [2.45, 2.75) is 25.9 Å². The van der Waals surface area contributed by atoms with E-state index in [9.17, 15) is 4.79 Å². The third-order valence-electron chi connectivity index (χ3n) is 3.53. The minimum absolute atomic E-state index is 0.277. The third kappa shape index (κ3) is 4.18. The number of hydrogen-bond acceptors (Lipinski definition) is 4. The van der Waals surface area contributed by atoms with Crippen LogP contribution in [0, 0.1) is 0 Å². The van der Waals surface area contributed by atoms with E-state index in [-0.39, 0.29) is 6.03 Å². The molecule has 0 saturated carbocycles. The number of carbonyl (C=O) groups excluding carboxylic acids is 1. The third-order valence-corrected chi connectivity index (χ3v) is 3.53. The average Bonchev–Trinajstić information content (AvgIpc) is 3.05. The lowest BCUT2D eigenvalue weighted by molar-refractivity contribution is 0.228. The second kappa shape index (κ2) is 7.09. The molecular weight excluding hydrogens is 296 g/mol. The summed E-state index contributed by atoms with van der Waals surface area (Å²) in [6.45, 7) is 4.17. The summed E-state index contributed by atoms with van der Waals surface area (Å²) in [6, 6.07) is 8.88. The quantitative estimate of drug-likeness (QED) is 0.858. The Bertz CT molecular complexity index is 651. The van der Waals surface area contributed by atoms with E-state index in [1.807, 2.05) is 32.0 Å². The van der Waals surface area contributed by atoms with Gasteiger partial charge in [-0.1, -0.05) is 6.07 Å². The van der Waals surface area contributed by atoms with E-state index < -0.39 is 5.54 Å². The van der Waals surface area contributed by atoms with Gasteiger partial charge in [-0.2, -0.15) is 0 Å². The standard InChI is InChI=1S/C17H22N2O4/c1-17(2,12-7-8-14(21-3)15(10-12)22-4)19-16(20)18-11-13-6-5-9-23-13/h5-10H,11H2,1-4H3,(H2,18,19,20). The topological polar surface area (TPSA) is 72.7 Å². The van der Waals surface area contributed by atoms with E-state index in [1.54, 1.807) is 32.6 Å². The Morgan fingerprint density at radius 3 is 2.52 bits per heavy atom. The predicted octanol–water partition coefficient (Wildman–Crippen LogP) is 3.03. The van der Waals surface area contributed by atoms with Gasteiger partial charge in [-0.15, -0.1) is 0 Å². The molecule has 6 heteroatoms. The Morgan fingerprint density at radius 1 is 1.17 bits per heavy atom. The van der Waals surface area contributed by atoms with Crippen molar-refractivity contribution in [3.8, 4) is 11.5 Å². The first kappa shape index (κ1) is 16.7. The Hall–Kier alpha value is -2.63. The summed E-state index contributed by atoms with van der Waals surface area (Å²) in [5.74, 6) is 1.97. The van der Waals surface area contributed by atoms with Crippen LogP contribution in [0.3, 0.4) is 0 Å². The average molecular weight is 318 g/mol. The molecule has 2 rings (SSSR count). The smallest absolute Gasteiger partial charge is 0.315 e. The maximum atomic E-state index is 12.1. The molecule has 2 aromatic rings. The molecule has 0 spiro atoms. The predicted molar refractivity (Wildman–Crippen MR) is 86.7 cm³/mol. The number of carbonyl (C=O) groups is 1. The van der Waals surface area contributed by atoms with Gasteiger partial charge in [0.1, 0.15) is 5.76 Å². The molecule has 0 unspecified atom stereocenters. The molecule has 0 aliphatic carbocycles. The first-order valence-electron chi connectivity index (χ1n) is 7.27. The zero-order valence-corrected chi connectivity index (χ0v) is 13.8. The normalized spacial score (nSPS) is 11.0. The number of rotatable bonds is 6. The van der Waals surface area contributed by atoms with Gasteiger partial charge < -0.3 is 24.5 Å². The van der Waals surface area contributed by atoms with E-state index in [0.29, 0.717) is 23.8 Å². The van der Waals surface area contributed by atoms with E-state index in [2.05, 4.69) is 10.6 Å².